The van der Waals surface area contributed by atoms with Crippen LogP contribution in [-0.4, -0.2) is 5.97 Å². The second-order valence-electron chi connectivity index (χ2n) is 6.02. The lowest BCUT2D eigenvalue weighted by molar-refractivity contribution is -0.153. The minimum atomic E-state index is -0.951. The van der Waals surface area contributed by atoms with E-state index < -0.39 is 11.6 Å². The summed E-state index contributed by atoms with van der Waals surface area (Å²) in [5.41, 5.74) is 2.01. The third-order valence-electron chi connectivity index (χ3n) is 4.34. The third-order valence-corrected chi connectivity index (χ3v) is 4.34. The van der Waals surface area contributed by atoms with Crippen LogP contribution in [0.25, 0.3) is 0 Å². The Bertz CT molecular complexity index is 751. The fraction of sp³-hybridized carbons (Fsp3) is 0.250. The standard InChI is InChI=1S/C20H19FO2/c1-14(2)19(22)23-20(16-8-4-3-5-9-16)12-6-7-15-10-11-17(21)13-18(15)20/h3-5,8-11,13H,1,6-7,12H2,2H3. The molecule has 0 fully saturated rings. The molecule has 2 nitrogen and oxygen atoms in total. The van der Waals surface area contributed by atoms with E-state index in [-0.39, 0.29) is 5.82 Å². The maximum absolute atomic E-state index is 13.9. The van der Waals surface area contributed by atoms with Gasteiger partial charge >= 0.3 is 5.97 Å². The van der Waals surface area contributed by atoms with Crippen molar-refractivity contribution in [2.24, 2.45) is 0 Å². The van der Waals surface area contributed by atoms with Gasteiger partial charge in [0.05, 0.1) is 0 Å². The number of rotatable bonds is 3. The average Bonchev–Trinajstić information content (AvgIpc) is 2.56. The molecule has 0 radical (unpaired) electrons. The molecule has 3 heteroatoms. The van der Waals surface area contributed by atoms with E-state index in [1.165, 1.54) is 12.1 Å². The minimum absolute atomic E-state index is 0.322. The molecule has 0 aliphatic heterocycles. The maximum atomic E-state index is 13.9. The minimum Gasteiger partial charge on any atom is -0.446 e. The molecular weight excluding hydrogens is 291 g/mol. The zero-order chi connectivity index (χ0) is 16.4. The molecule has 0 saturated carbocycles. The molecule has 1 unspecified atom stereocenters. The lowest BCUT2D eigenvalue weighted by Crippen LogP contribution is -2.37. The summed E-state index contributed by atoms with van der Waals surface area (Å²) >= 11 is 0. The van der Waals surface area contributed by atoms with Gasteiger partial charge in [0.25, 0.3) is 0 Å². The highest BCUT2D eigenvalue weighted by molar-refractivity contribution is 5.87. The fourth-order valence-electron chi connectivity index (χ4n) is 3.22. The number of aryl methyl sites for hydroxylation is 1. The monoisotopic (exact) mass is 310 g/mol. The van der Waals surface area contributed by atoms with Crippen LogP contribution in [0.5, 0.6) is 0 Å². The first-order valence-electron chi connectivity index (χ1n) is 7.76. The van der Waals surface area contributed by atoms with Crippen LogP contribution >= 0.6 is 0 Å². The Morgan fingerprint density at radius 2 is 1.96 bits per heavy atom. The summed E-state index contributed by atoms with van der Waals surface area (Å²) in [4.78, 5) is 12.3. The molecule has 0 amide bonds. The van der Waals surface area contributed by atoms with Gasteiger partial charge in [-0.3, -0.25) is 0 Å². The lowest BCUT2D eigenvalue weighted by Gasteiger charge is -2.39. The Balaban J connectivity index is 2.20. The van der Waals surface area contributed by atoms with Crippen molar-refractivity contribution in [3.05, 3.63) is 83.2 Å². The molecule has 0 aromatic heterocycles. The van der Waals surface area contributed by atoms with Gasteiger partial charge in [-0.25, -0.2) is 9.18 Å². The van der Waals surface area contributed by atoms with Crippen molar-refractivity contribution in [1.29, 1.82) is 0 Å². The molecule has 0 saturated heterocycles. The molecule has 0 bridgehead atoms. The number of carbonyl (C=O) groups excluding carboxylic acids is 1. The highest BCUT2D eigenvalue weighted by atomic mass is 19.1. The molecule has 3 rings (SSSR count). The Labute approximate surface area is 135 Å². The molecule has 118 valence electrons. The van der Waals surface area contributed by atoms with Crippen LogP contribution in [0.1, 0.15) is 36.5 Å². The smallest absolute Gasteiger partial charge is 0.334 e. The van der Waals surface area contributed by atoms with Crippen molar-refractivity contribution in [3.63, 3.8) is 0 Å². The molecule has 23 heavy (non-hydrogen) atoms. The van der Waals surface area contributed by atoms with Crippen molar-refractivity contribution in [2.75, 3.05) is 0 Å². The first kappa shape index (κ1) is 15.5. The summed E-state index contributed by atoms with van der Waals surface area (Å²) in [5, 5.41) is 0. The Kier molecular flexibility index (Phi) is 4.03. The van der Waals surface area contributed by atoms with Crippen LogP contribution in [0.4, 0.5) is 4.39 Å². The van der Waals surface area contributed by atoms with E-state index in [2.05, 4.69) is 6.58 Å². The number of hydrogen-bond acceptors (Lipinski definition) is 2. The number of benzene rings is 2. The van der Waals surface area contributed by atoms with Crippen LogP contribution in [0, 0.1) is 5.82 Å². The summed E-state index contributed by atoms with van der Waals surface area (Å²) < 4.78 is 19.8. The van der Waals surface area contributed by atoms with Gasteiger partial charge in [-0.15, -0.1) is 0 Å². The summed E-state index contributed by atoms with van der Waals surface area (Å²) in [7, 11) is 0. The molecule has 2 aromatic rings. The van der Waals surface area contributed by atoms with Crippen LogP contribution in [-0.2, 0) is 21.6 Å². The van der Waals surface area contributed by atoms with E-state index >= 15 is 0 Å². The van der Waals surface area contributed by atoms with E-state index in [4.69, 9.17) is 4.74 Å². The van der Waals surface area contributed by atoms with Gasteiger partial charge in [0.1, 0.15) is 5.82 Å². The fourth-order valence-corrected chi connectivity index (χ4v) is 3.22. The van der Waals surface area contributed by atoms with Crippen molar-refractivity contribution in [2.45, 2.75) is 31.8 Å². The van der Waals surface area contributed by atoms with Gasteiger partial charge in [-0.1, -0.05) is 43.0 Å². The highest BCUT2D eigenvalue weighted by Crippen LogP contribution is 2.44. The van der Waals surface area contributed by atoms with Gasteiger partial charge in [0.15, 0.2) is 5.60 Å². The molecule has 1 atom stereocenters. The van der Waals surface area contributed by atoms with Gasteiger partial charge in [0, 0.05) is 16.7 Å². The largest absolute Gasteiger partial charge is 0.446 e. The van der Waals surface area contributed by atoms with Crippen molar-refractivity contribution >= 4 is 5.97 Å². The molecule has 0 N–H and O–H groups in total. The van der Waals surface area contributed by atoms with Crippen LogP contribution < -0.4 is 0 Å². The normalized spacial score (nSPS) is 19.7. The van der Waals surface area contributed by atoms with E-state index in [0.29, 0.717) is 12.0 Å². The number of carbonyl (C=O) groups is 1. The van der Waals surface area contributed by atoms with E-state index in [9.17, 15) is 9.18 Å². The number of ether oxygens (including phenoxy) is 1. The van der Waals surface area contributed by atoms with Gasteiger partial charge < -0.3 is 4.74 Å². The first-order chi connectivity index (χ1) is 11.0. The van der Waals surface area contributed by atoms with Crippen molar-refractivity contribution < 1.29 is 13.9 Å². The lowest BCUT2D eigenvalue weighted by atomic mass is 9.74. The number of halogens is 1. The second kappa shape index (κ2) is 5.99. The number of hydrogen-bond donors (Lipinski definition) is 0. The Morgan fingerprint density at radius 1 is 1.22 bits per heavy atom. The summed E-state index contributed by atoms with van der Waals surface area (Å²) in [5.74, 6) is -0.775. The average molecular weight is 310 g/mol. The quantitative estimate of drug-likeness (QED) is 0.615. The molecule has 2 aromatic carbocycles. The summed E-state index contributed by atoms with van der Waals surface area (Å²) in [6.07, 6.45) is 2.36. The summed E-state index contributed by atoms with van der Waals surface area (Å²) in [6.45, 7) is 5.29. The van der Waals surface area contributed by atoms with Gasteiger partial charge in [-0.05, 0) is 43.9 Å². The maximum Gasteiger partial charge on any atom is 0.334 e. The molecule has 0 heterocycles. The molecule has 1 aliphatic rings. The van der Waals surface area contributed by atoms with Crippen molar-refractivity contribution in [3.8, 4) is 0 Å². The topological polar surface area (TPSA) is 26.3 Å². The van der Waals surface area contributed by atoms with E-state index in [0.717, 1.165) is 29.5 Å². The Hall–Kier alpha value is -2.42. The summed E-state index contributed by atoms with van der Waals surface area (Å²) in [6, 6.07) is 14.3. The number of fused-ring (bicyclic) bond motifs is 1. The Morgan fingerprint density at radius 3 is 2.65 bits per heavy atom. The number of esters is 1. The van der Waals surface area contributed by atoms with Gasteiger partial charge in [0.2, 0.25) is 0 Å². The van der Waals surface area contributed by atoms with Crippen LogP contribution in [0.2, 0.25) is 0 Å². The molecular formula is C20H19FO2. The zero-order valence-corrected chi connectivity index (χ0v) is 13.1. The zero-order valence-electron chi connectivity index (χ0n) is 13.1. The van der Waals surface area contributed by atoms with Crippen LogP contribution in [0.15, 0.2) is 60.7 Å². The van der Waals surface area contributed by atoms with E-state index in [1.54, 1.807) is 13.0 Å². The SMILES string of the molecule is C=C(C)C(=O)OC1(c2ccccc2)CCCc2ccc(F)cc21. The molecule has 0 spiro atoms. The van der Waals surface area contributed by atoms with E-state index in [1.807, 2.05) is 30.3 Å². The predicted octanol–water partition coefficient (Wildman–Crippen LogP) is 4.52. The third kappa shape index (κ3) is 2.79. The van der Waals surface area contributed by atoms with Crippen LogP contribution in [0.3, 0.4) is 0 Å². The van der Waals surface area contributed by atoms with Crippen molar-refractivity contribution in [1.82, 2.24) is 0 Å². The molecule has 1 aliphatic carbocycles. The predicted molar refractivity (Wildman–Crippen MR) is 87.5 cm³/mol. The highest BCUT2D eigenvalue weighted by Gasteiger charge is 2.42. The first-order valence-corrected chi connectivity index (χ1v) is 7.76. The second-order valence-corrected chi connectivity index (χ2v) is 6.02. The van der Waals surface area contributed by atoms with Gasteiger partial charge in [-0.2, -0.15) is 0 Å².